The van der Waals surface area contributed by atoms with Crippen LogP contribution >= 0.6 is 0 Å². The van der Waals surface area contributed by atoms with Gasteiger partial charge < -0.3 is 15.5 Å². The number of halogens is 1. The maximum Gasteiger partial charge on any atom is 0.225 e. The summed E-state index contributed by atoms with van der Waals surface area (Å²) in [7, 11) is 2.04. The molecule has 1 aromatic rings. The molecule has 4 nitrogen and oxygen atoms in total. The highest BCUT2D eigenvalue weighted by atomic mass is 19.1. The predicted octanol–water partition coefficient (Wildman–Crippen LogP) is 2.09. The quantitative estimate of drug-likeness (QED) is 0.844. The van der Waals surface area contributed by atoms with Crippen LogP contribution in [0.2, 0.25) is 0 Å². The van der Waals surface area contributed by atoms with E-state index in [1.807, 2.05) is 7.05 Å². The van der Waals surface area contributed by atoms with Gasteiger partial charge in [0.1, 0.15) is 5.82 Å². The van der Waals surface area contributed by atoms with Gasteiger partial charge in [0.05, 0.1) is 5.69 Å². The molecule has 0 spiro atoms. The lowest BCUT2D eigenvalue weighted by molar-refractivity contribution is -0.116. The van der Waals surface area contributed by atoms with Crippen molar-refractivity contribution in [3.05, 3.63) is 30.1 Å². The van der Waals surface area contributed by atoms with Gasteiger partial charge in [0, 0.05) is 19.5 Å². The number of piperidine rings is 1. The molecule has 1 saturated heterocycles. The van der Waals surface area contributed by atoms with Crippen molar-refractivity contribution in [2.24, 2.45) is 5.92 Å². The van der Waals surface area contributed by atoms with E-state index in [1.165, 1.54) is 18.9 Å². The van der Waals surface area contributed by atoms with Crippen molar-refractivity contribution in [3.8, 4) is 0 Å². The number of carbonyl (C=O) groups is 1. The van der Waals surface area contributed by atoms with Crippen molar-refractivity contribution < 1.29 is 9.18 Å². The number of hydrogen-bond donors (Lipinski definition) is 2. The second-order valence-electron chi connectivity index (χ2n) is 5.73. The van der Waals surface area contributed by atoms with Crippen molar-refractivity contribution in [1.82, 2.24) is 10.2 Å². The number of amides is 1. The third-order valence-corrected chi connectivity index (χ3v) is 3.90. The fourth-order valence-electron chi connectivity index (χ4n) is 2.66. The molecule has 21 heavy (non-hydrogen) atoms. The number of benzene rings is 1. The Morgan fingerprint density at radius 3 is 2.81 bits per heavy atom. The van der Waals surface area contributed by atoms with Crippen molar-refractivity contribution in [1.29, 1.82) is 0 Å². The summed E-state index contributed by atoms with van der Waals surface area (Å²) in [6, 6.07) is 6.24. The minimum absolute atomic E-state index is 0.141. The molecule has 0 bridgehead atoms. The first-order valence-electron chi connectivity index (χ1n) is 7.59. The zero-order valence-corrected chi connectivity index (χ0v) is 12.6. The van der Waals surface area contributed by atoms with E-state index in [0.29, 0.717) is 18.9 Å². The predicted molar refractivity (Wildman–Crippen MR) is 82.7 cm³/mol. The molecule has 1 fully saturated rings. The second-order valence-corrected chi connectivity index (χ2v) is 5.73. The highest BCUT2D eigenvalue weighted by molar-refractivity contribution is 5.90. The smallest absolute Gasteiger partial charge is 0.225 e. The van der Waals surface area contributed by atoms with E-state index in [1.54, 1.807) is 18.2 Å². The van der Waals surface area contributed by atoms with Crippen molar-refractivity contribution >= 4 is 11.6 Å². The Morgan fingerprint density at radius 2 is 2.10 bits per heavy atom. The Kier molecular flexibility index (Phi) is 6.14. The Labute approximate surface area is 125 Å². The average molecular weight is 293 g/mol. The van der Waals surface area contributed by atoms with Crippen LogP contribution in [0.25, 0.3) is 0 Å². The van der Waals surface area contributed by atoms with E-state index in [0.717, 1.165) is 19.6 Å². The van der Waals surface area contributed by atoms with Gasteiger partial charge in [0.15, 0.2) is 0 Å². The molecule has 1 amide bonds. The fourth-order valence-corrected chi connectivity index (χ4v) is 2.66. The van der Waals surface area contributed by atoms with Crippen LogP contribution in [0.3, 0.4) is 0 Å². The minimum atomic E-state index is -0.395. The molecule has 0 aliphatic carbocycles. The van der Waals surface area contributed by atoms with Crippen LogP contribution in [0.5, 0.6) is 0 Å². The second kappa shape index (κ2) is 8.10. The fraction of sp³-hybridized carbons (Fsp3) is 0.562. The zero-order chi connectivity index (χ0) is 15.1. The third-order valence-electron chi connectivity index (χ3n) is 3.90. The van der Waals surface area contributed by atoms with Crippen molar-refractivity contribution in [3.63, 3.8) is 0 Å². The maximum atomic E-state index is 13.4. The van der Waals surface area contributed by atoms with Gasteiger partial charge in [-0.2, -0.15) is 0 Å². The zero-order valence-electron chi connectivity index (χ0n) is 12.6. The van der Waals surface area contributed by atoms with Crippen LogP contribution in [0.15, 0.2) is 24.3 Å². The van der Waals surface area contributed by atoms with E-state index in [4.69, 9.17) is 0 Å². The normalized spacial score (nSPS) is 16.1. The lowest BCUT2D eigenvalue weighted by Crippen LogP contribution is -2.35. The molecule has 1 heterocycles. The van der Waals surface area contributed by atoms with Crippen LogP contribution in [-0.2, 0) is 4.79 Å². The lowest BCUT2D eigenvalue weighted by atomic mass is 9.98. The summed E-state index contributed by atoms with van der Waals surface area (Å²) in [6.45, 7) is 3.90. The average Bonchev–Trinajstić information content (AvgIpc) is 2.49. The Hall–Kier alpha value is -1.46. The molecule has 0 unspecified atom stereocenters. The molecule has 0 radical (unpaired) electrons. The first-order chi connectivity index (χ1) is 10.1. The van der Waals surface area contributed by atoms with Gasteiger partial charge in [-0.15, -0.1) is 0 Å². The number of para-hydroxylation sites is 1. The summed E-state index contributed by atoms with van der Waals surface area (Å²) < 4.78 is 13.4. The summed E-state index contributed by atoms with van der Waals surface area (Å²) in [6.07, 6.45) is 2.79. The number of carbonyl (C=O) groups excluding carboxylic acids is 1. The molecular formula is C16H24FN3O. The molecule has 2 rings (SSSR count). The first kappa shape index (κ1) is 15.9. The lowest BCUT2D eigenvalue weighted by Gasteiger charge is -2.27. The molecule has 0 atom stereocenters. The number of nitrogens with zero attached hydrogens (tertiary/aromatic N) is 1. The van der Waals surface area contributed by atoms with Crippen LogP contribution in [0.1, 0.15) is 19.3 Å². The summed E-state index contributed by atoms with van der Waals surface area (Å²) in [4.78, 5) is 14.0. The summed E-state index contributed by atoms with van der Waals surface area (Å²) in [5, 5.41) is 5.97. The van der Waals surface area contributed by atoms with Gasteiger partial charge in [-0.1, -0.05) is 12.1 Å². The van der Waals surface area contributed by atoms with Crippen molar-refractivity contribution in [2.75, 3.05) is 38.5 Å². The first-order valence-corrected chi connectivity index (χ1v) is 7.59. The van der Waals surface area contributed by atoms with E-state index in [2.05, 4.69) is 15.5 Å². The molecule has 1 aliphatic heterocycles. The summed E-state index contributed by atoms with van der Waals surface area (Å²) in [5.41, 5.74) is 0.253. The topological polar surface area (TPSA) is 44.4 Å². The SMILES string of the molecule is CN(CCC(=O)Nc1ccccc1F)CC1CCNCC1. The molecule has 0 aromatic heterocycles. The van der Waals surface area contributed by atoms with Gasteiger partial charge >= 0.3 is 0 Å². The molecule has 116 valence electrons. The van der Waals surface area contributed by atoms with Gasteiger partial charge in [-0.25, -0.2) is 4.39 Å². The van der Waals surface area contributed by atoms with Crippen LogP contribution < -0.4 is 10.6 Å². The van der Waals surface area contributed by atoms with Gasteiger partial charge in [0.2, 0.25) is 5.91 Å². The Morgan fingerprint density at radius 1 is 1.38 bits per heavy atom. The van der Waals surface area contributed by atoms with E-state index in [-0.39, 0.29) is 11.6 Å². The maximum absolute atomic E-state index is 13.4. The Bertz CT molecular complexity index is 461. The molecule has 0 saturated carbocycles. The number of anilines is 1. The highest BCUT2D eigenvalue weighted by Crippen LogP contribution is 2.14. The van der Waals surface area contributed by atoms with Gasteiger partial charge in [-0.3, -0.25) is 4.79 Å². The number of hydrogen-bond acceptors (Lipinski definition) is 3. The third kappa shape index (κ3) is 5.44. The monoisotopic (exact) mass is 293 g/mol. The number of rotatable bonds is 6. The molecule has 1 aromatic carbocycles. The van der Waals surface area contributed by atoms with Gasteiger partial charge in [0.25, 0.3) is 0 Å². The van der Waals surface area contributed by atoms with Crippen LogP contribution in [0.4, 0.5) is 10.1 Å². The van der Waals surface area contributed by atoms with E-state index >= 15 is 0 Å². The summed E-state index contributed by atoms with van der Waals surface area (Å²) >= 11 is 0. The van der Waals surface area contributed by atoms with Crippen molar-refractivity contribution in [2.45, 2.75) is 19.3 Å². The van der Waals surface area contributed by atoms with Gasteiger partial charge in [-0.05, 0) is 51.0 Å². The van der Waals surface area contributed by atoms with Crippen LogP contribution in [-0.4, -0.2) is 44.0 Å². The number of nitrogens with one attached hydrogen (secondary N) is 2. The van der Waals surface area contributed by atoms with E-state index in [9.17, 15) is 9.18 Å². The minimum Gasteiger partial charge on any atom is -0.324 e. The highest BCUT2D eigenvalue weighted by Gasteiger charge is 2.15. The molecule has 2 N–H and O–H groups in total. The Balaban J connectivity index is 1.69. The summed E-state index contributed by atoms with van der Waals surface area (Å²) in [5.74, 6) is 0.178. The largest absolute Gasteiger partial charge is 0.324 e. The molecule has 1 aliphatic rings. The standard InChI is InChI=1S/C16H24FN3O/c1-20(12-13-6-9-18-10-7-13)11-8-16(21)19-15-5-3-2-4-14(15)17/h2-5,13,18H,6-12H2,1H3,(H,19,21). The van der Waals surface area contributed by atoms with Crippen LogP contribution in [0, 0.1) is 11.7 Å². The molecular weight excluding hydrogens is 269 g/mol. The van der Waals surface area contributed by atoms with E-state index < -0.39 is 5.82 Å². The molecule has 5 heteroatoms.